The molecule has 1 fully saturated rings. The largest absolute Gasteiger partial charge is 0.343 e. The molecule has 1 heterocycles. The van der Waals surface area contributed by atoms with Gasteiger partial charge in [0.25, 0.3) is 0 Å². The van der Waals surface area contributed by atoms with Crippen LogP contribution in [0.25, 0.3) is 0 Å². The van der Waals surface area contributed by atoms with E-state index >= 15 is 0 Å². The van der Waals surface area contributed by atoms with Gasteiger partial charge in [0.15, 0.2) is 0 Å². The maximum absolute atomic E-state index is 12.5. The Bertz CT molecular complexity index is 557. The molecule has 0 bridgehead atoms. The highest BCUT2D eigenvalue weighted by atomic mass is 79.9. The van der Waals surface area contributed by atoms with Crippen molar-refractivity contribution in [2.75, 3.05) is 4.90 Å². The smallest absolute Gasteiger partial charge is 0.250 e. The molecule has 0 radical (unpaired) electrons. The maximum Gasteiger partial charge on any atom is 0.250 e. The topological polar surface area (TPSA) is 49.4 Å². The standard InChI is InChI=1S/C15H19BrN2O2/c1-8(2)13-14(19)17-10(4)15(20)18(13)11-6-5-9(3)12(16)7-11/h5-8,10,13H,1-4H3,(H,17,19). The Hall–Kier alpha value is -1.36. The Morgan fingerprint density at radius 3 is 2.50 bits per heavy atom. The summed E-state index contributed by atoms with van der Waals surface area (Å²) in [5.41, 5.74) is 1.85. The second-order valence-electron chi connectivity index (χ2n) is 5.56. The van der Waals surface area contributed by atoms with E-state index in [0.717, 1.165) is 15.7 Å². The molecular formula is C15H19BrN2O2. The van der Waals surface area contributed by atoms with Crippen LogP contribution in [0, 0.1) is 12.8 Å². The van der Waals surface area contributed by atoms with Crippen molar-refractivity contribution in [1.82, 2.24) is 5.32 Å². The monoisotopic (exact) mass is 338 g/mol. The third kappa shape index (κ3) is 2.59. The summed E-state index contributed by atoms with van der Waals surface area (Å²) in [6.07, 6.45) is 0. The van der Waals surface area contributed by atoms with E-state index in [2.05, 4.69) is 21.2 Å². The zero-order valence-corrected chi connectivity index (χ0v) is 13.7. The van der Waals surface area contributed by atoms with E-state index in [-0.39, 0.29) is 17.7 Å². The van der Waals surface area contributed by atoms with E-state index in [4.69, 9.17) is 0 Å². The van der Waals surface area contributed by atoms with Crippen LogP contribution in [0.15, 0.2) is 22.7 Å². The van der Waals surface area contributed by atoms with Crippen molar-refractivity contribution in [3.63, 3.8) is 0 Å². The molecule has 2 amide bonds. The summed E-state index contributed by atoms with van der Waals surface area (Å²) in [6, 6.07) is 4.78. The highest BCUT2D eigenvalue weighted by Crippen LogP contribution is 2.29. The molecule has 0 aromatic heterocycles. The molecule has 2 rings (SSSR count). The van der Waals surface area contributed by atoms with Gasteiger partial charge in [0.1, 0.15) is 12.1 Å². The minimum atomic E-state index is -0.488. The number of nitrogens with one attached hydrogen (secondary N) is 1. The van der Waals surface area contributed by atoms with Crippen molar-refractivity contribution < 1.29 is 9.59 Å². The van der Waals surface area contributed by atoms with Crippen molar-refractivity contribution in [3.05, 3.63) is 28.2 Å². The number of anilines is 1. The number of hydrogen-bond donors (Lipinski definition) is 1. The highest BCUT2D eigenvalue weighted by molar-refractivity contribution is 9.10. The molecular weight excluding hydrogens is 320 g/mol. The van der Waals surface area contributed by atoms with Crippen molar-refractivity contribution >= 4 is 33.4 Å². The number of halogens is 1. The van der Waals surface area contributed by atoms with Crippen molar-refractivity contribution in [2.45, 2.75) is 39.8 Å². The van der Waals surface area contributed by atoms with Crippen LogP contribution in [-0.4, -0.2) is 23.9 Å². The summed E-state index contributed by atoms with van der Waals surface area (Å²) in [5, 5.41) is 2.74. The Morgan fingerprint density at radius 2 is 1.95 bits per heavy atom. The Balaban J connectivity index is 2.49. The van der Waals surface area contributed by atoms with Crippen LogP contribution >= 0.6 is 15.9 Å². The quantitative estimate of drug-likeness (QED) is 0.901. The SMILES string of the molecule is Cc1ccc(N2C(=O)C(C)NC(=O)C2C(C)C)cc1Br. The third-order valence-corrected chi connectivity index (χ3v) is 4.43. The van der Waals surface area contributed by atoms with Gasteiger partial charge < -0.3 is 5.32 Å². The molecule has 4 nitrogen and oxygen atoms in total. The van der Waals surface area contributed by atoms with Crippen LogP contribution in [0.1, 0.15) is 26.3 Å². The van der Waals surface area contributed by atoms with Gasteiger partial charge in [-0.3, -0.25) is 14.5 Å². The number of amides is 2. The lowest BCUT2D eigenvalue weighted by Crippen LogP contribution is -2.64. The van der Waals surface area contributed by atoms with Gasteiger partial charge in [-0.05, 0) is 37.5 Å². The second-order valence-corrected chi connectivity index (χ2v) is 6.42. The van der Waals surface area contributed by atoms with Crippen LogP contribution in [0.3, 0.4) is 0 Å². The number of aryl methyl sites for hydroxylation is 1. The number of hydrogen-bond acceptors (Lipinski definition) is 2. The normalized spacial score (nSPS) is 23.2. The van der Waals surface area contributed by atoms with Gasteiger partial charge >= 0.3 is 0 Å². The predicted octanol–water partition coefficient (Wildman–Crippen LogP) is 2.63. The van der Waals surface area contributed by atoms with Gasteiger partial charge in [-0.25, -0.2) is 0 Å². The first-order valence-electron chi connectivity index (χ1n) is 6.72. The minimum absolute atomic E-state index is 0.0477. The first-order chi connectivity index (χ1) is 9.32. The lowest BCUT2D eigenvalue weighted by Gasteiger charge is -2.40. The van der Waals surface area contributed by atoms with E-state index in [9.17, 15) is 9.59 Å². The zero-order chi connectivity index (χ0) is 15.0. The first-order valence-corrected chi connectivity index (χ1v) is 7.52. The number of carbonyl (C=O) groups excluding carboxylic acids is 2. The molecule has 1 aromatic rings. The van der Waals surface area contributed by atoms with Gasteiger partial charge in [-0.1, -0.05) is 35.8 Å². The molecule has 5 heteroatoms. The Kier molecular flexibility index (Phi) is 4.18. The Morgan fingerprint density at radius 1 is 1.30 bits per heavy atom. The summed E-state index contributed by atoms with van der Waals surface area (Å²) in [4.78, 5) is 26.3. The van der Waals surface area contributed by atoms with Gasteiger partial charge in [0.05, 0.1) is 0 Å². The summed E-state index contributed by atoms with van der Waals surface area (Å²) in [5.74, 6) is -0.116. The molecule has 1 aromatic carbocycles. The molecule has 0 aliphatic carbocycles. The molecule has 0 saturated carbocycles. The van der Waals surface area contributed by atoms with E-state index in [1.807, 2.05) is 39.0 Å². The highest BCUT2D eigenvalue weighted by Gasteiger charge is 2.41. The van der Waals surface area contributed by atoms with Crippen LogP contribution < -0.4 is 10.2 Å². The summed E-state index contributed by atoms with van der Waals surface area (Å²) < 4.78 is 0.934. The van der Waals surface area contributed by atoms with E-state index in [1.54, 1.807) is 11.8 Å². The average molecular weight is 339 g/mol. The second kappa shape index (κ2) is 5.56. The van der Waals surface area contributed by atoms with E-state index in [1.165, 1.54) is 0 Å². The van der Waals surface area contributed by atoms with Crippen LogP contribution in [0.4, 0.5) is 5.69 Å². The minimum Gasteiger partial charge on any atom is -0.343 e. The fourth-order valence-electron chi connectivity index (χ4n) is 2.44. The number of rotatable bonds is 2. The third-order valence-electron chi connectivity index (χ3n) is 3.58. The van der Waals surface area contributed by atoms with Gasteiger partial charge in [-0.2, -0.15) is 0 Å². The summed E-state index contributed by atoms with van der Waals surface area (Å²) in [6.45, 7) is 7.60. The molecule has 0 spiro atoms. The zero-order valence-electron chi connectivity index (χ0n) is 12.1. The fourth-order valence-corrected chi connectivity index (χ4v) is 2.81. The molecule has 1 saturated heterocycles. The van der Waals surface area contributed by atoms with E-state index < -0.39 is 12.1 Å². The maximum atomic E-state index is 12.5. The van der Waals surface area contributed by atoms with Crippen molar-refractivity contribution in [1.29, 1.82) is 0 Å². The molecule has 1 N–H and O–H groups in total. The Labute approximate surface area is 127 Å². The van der Waals surface area contributed by atoms with Crippen LogP contribution in [0.2, 0.25) is 0 Å². The summed E-state index contributed by atoms with van der Waals surface area (Å²) in [7, 11) is 0. The number of piperazine rings is 1. The molecule has 20 heavy (non-hydrogen) atoms. The van der Waals surface area contributed by atoms with Gasteiger partial charge in [-0.15, -0.1) is 0 Å². The first kappa shape index (κ1) is 15.0. The fraction of sp³-hybridized carbons (Fsp3) is 0.467. The van der Waals surface area contributed by atoms with Crippen LogP contribution in [-0.2, 0) is 9.59 Å². The summed E-state index contributed by atoms with van der Waals surface area (Å²) >= 11 is 3.48. The average Bonchev–Trinajstić information content (AvgIpc) is 2.36. The van der Waals surface area contributed by atoms with Crippen molar-refractivity contribution in [2.24, 2.45) is 5.92 Å². The number of nitrogens with zero attached hydrogens (tertiary/aromatic N) is 1. The lowest BCUT2D eigenvalue weighted by molar-refractivity contribution is -0.134. The lowest BCUT2D eigenvalue weighted by atomic mass is 9.96. The number of carbonyl (C=O) groups is 2. The van der Waals surface area contributed by atoms with Crippen molar-refractivity contribution in [3.8, 4) is 0 Å². The molecule has 1 aliphatic heterocycles. The van der Waals surface area contributed by atoms with Gasteiger partial charge in [0, 0.05) is 10.2 Å². The molecule has 108 valence electrons. The molecule has 2 atom stereocenters. The number of benzene rings is 1. The van der Waals surface area contributed by atoms with E-state index in [0.29, 0.717) is 0 Å². The van der Waals surface area contributed by atoms with Gasteiger partial charge in [0.2, 0.25) is 11.8 Å². The molecule has 1 aliphatic rings. The van der Waals surface area contributed by atoms with Crippen LogP contribution in [0.5, 0.6) is 0 Å². The molecule has 2 unspecified atom stereocenters. The predicted molar refractivity (Wildman–Crippen MR) is 82.6 cm³/mol.